The second-order valence-corrected chi connectivity index (χ2v) is 9.03. The number of rotatable bonds is 3. The molecule has 0 N–H and O–H groups in total. The van der Waals surface area contributed by atoms with Crippen molar-refractivity contribution in [3.8, 4) is 11.3 Å². The molecule has 0 saturated carbocycles. The van der Waals surface area contributed by atoms with E-state index in [1.807, 2.05) is 41.3 Å². The van der Waals surface area contributed by atoms with Crippen molar-refractivity contribution >= 4 is 50.0 Å². The average Bonchev–Trinajstić information content (AvgIpc) is 2.85. The van der Waals surface area contributed by atoms with Crippen LogP contribution in [0, 0.1) is 0 Å². The first-order chi connectivity index (χ1) is 15.6. The van der Waals surface area contributed by atoms with Crippen molar-refractivity contribution in [2.24, 2.45) is 0 Å². The van der Waals surface area contributed by atoms with E-state index in [0.717, 1.165) is 26.9 Å². The molecule has 1 aliphatic rings. The Morgan fingerprint density at radius 2 is 1.66 bits per heavy atom. The fourth-order valence-electron chi connectivity index (χ4n) is 4.06. The number of carbonyl (C=O) groups is 1. The summed E-state index contributed by atoms with van der Waals surface area (Å²) in [5.74, 6) is 0.773. The van der Waals surface area contributed by atoms with Gasteiger partial charge in [-0.1, -0.05) is 70.0 Å². The van der Waals surface area contributed by atoms with Crippen LogP contribution in [-0.2, 0) is 0 Å². The number of hydrogen-bond donors (Lipinski definition) is 0. The van der Waals surface area contributed by atoms with Gasteiger partial charge in [-0.25, -0.2) is 0 Å². The molecule has 0 radical (unpaired) electrons. The summed E-state index contributed by atoms with van der Waals surface area (Å²) in [6, 6.07) is 23.9. The number of amides is 1. The highest BCUT2D eigenvalue weighted by Crippen LogP contribution is 2.28. The molecule has 1 fully saturated rings. The van der Waals surface area contributed by atoms with Crippen LogP contribution in [0.4, 0.5) is 5.82 Å². The maximum Gasteiger partial charge on any atom is 0.255 e. The van der Waals surface area contributed by atoms with Crippen LogP contribution in [0.15, 0.2) is 77.3 Å². The van der Waals surface area contributed by atoms with Gasteiger partial charge in [-0.2, -0.15) is 0 Å². The molecule has 1 aromatic heterocycles. The number of piperazine rings is 1. The molecule has 0 spiro atoms. The van der Waals surface area contributed by atoms with E-state index >= 15 is 0 Å². The topological polar surface area (TPSA) is 49.3 Å². The van der Waals surface area contributed by atoms with Gasteiger partial charge in [0.1, 0.15) is 0 Å². The highest BCUT2D eigenvalue weighted by atomic mass is 79.9. The first-order valence-corrected chi connectivity index (χ1v) is 11.6. The van der Waals surface area contributed by atoms with Gasteiger partial charge in [0.15, 0.2) is 5.82 Å². The third-order valence-corrected chi connectivity index (χ3v) is 6.59. The summed E-state index contributed by atoms with van der Waals surface area (Å²) in [5, 5.41) is 11.8. The number of benzene rings is 3. The lowest BCUT2D eigenvalue weighted by molar-refractivity contribution is 0.0746. The van der Waals surface area contributed by atoms with Crippen molar-refractivity contribution in [3.05, 3.63) is 87.9 Å². The van der Waals surface area contributed by atoms with Crippen LogP contribution in [0.2, 0.25) is 5.02 Å². The van der Waals surface area contributed by atoms with Gasteiger partial charge >= 0.3 is 0 Å². The van der Waals surface area contributed by atoms with E-state index in [1.54, 1.807) is 12.1 Å². The van der Waals surface area contributed by atoms with Gasteiger partial charge in [0.25, 0.3) is 5.91 Å². The van der Waals surface area contributed by atoms with E-state index in [4.69, 9.17) is 11.6 Å². The SMILES string of the molecule is O=C(c1cc(Br)ccc1Cl)N1CCN(c2ccc(-c3cccc4ccccc34)nn2)CC1. The summed E-state index contributed by atoms with van der Waals surface area (Å²) in [6.45, 7) is 2.60. The van der Waals surface area contributed by atoms with Gasteiger partial charge in [0, 0.05) is 36.2 Å². The molecule has 5 rings (SSSR count). The van der Waals surface area contributed by atoms with Crippen molar-refractivity contribution in [2.45, 2.75) is 0 Å². The van der Waals surface area contributed by atoms with Crippen molar-refractivity contribution in [2.75, 3.05) is 31.1 Å². The third-order valence-electron chi connectivity index (χ3n) is 5.77. The maximum absolute atomic E-state index is 12.9. The normalized spacial score (nSPS) is 14.1. The molecule has 1 saturated heterocycles. The Kier molecular flexibility index (Phi) is 5.81. The van der Waals surface area contributed by atoms with Gasteiger partial charge in [-0.3, -0.25) is 4.79 Å². The van der Waals surface area contributed by atoms with E-state index in [0.29, 0.717) is 36.8 Å². The Labute approximate surface area is 199 Å². The summed E-state index contributed by atoms with van der Waals surface area (Å²) >= 11 is 9.65. The van der Waals surface area contributed by atoms with E-state index in [1.165, 1.54) is 5.39 Å². The number of anilines is 1. The Bertz CT molecular complexity index is 1280. The largest absolute Gasteiger partial charge is 0.352 e. The lowest BCUT2D eigenvalue weighted by Crippen LogP contribution is -2.49. The van der Waals surface area contributed by atoms with Crippen LogP contribution < -0.4 is 4.90 Å². The van der Waals surface area contributed by atoms with Gasteiger partial charge in [-0.15, -0.1) is 10.2 Å². The van der Waals surface area contributed by atoms with Crippen molar-refractivity contribution < 1.29 is 4.79 Å². The van der Waals surface area contributed by atoms with Crippen LogP contribution in [0.25, 0.3) is 22.0 Å². The zero-order valence-electron chi connectivity index (χ0n) is 17.2. The molecule has 5 nitrogen and oxygen atoms in total. The van der Waals surface area contributed by atoms with Crippen molar-refractivity contribution in [3.63, 3.8) is 0 Å². The van der Waals surface area contributed by atoms with E-state index in [9.17, 15) is 4.79 Å². The van der Waals surface area contributed by atoms with Crippen LogP contribution >= 0.6 is 27.5 Å². The quantitative estimate of drug-likeness (QED) is 0.358. The highest BCUT2D eigenvalue weighted by Gasteiger charge is 2.24. The minimum Gasteiger partial charge on any atom is -0.352 e. The Morgan fingerprint density at radius 1 is 0.875 bits per heavy atom. The molecule has 160 valence electrons. The number of nitrogens with zero attached hydrogens (tertiary/aromatic N) is 4. The molecule has 0 unspecified atom stereocenters. The highest BCUT2D eigenvalue weighted by molar-refractivity contribution is 9.10. The Balaban J connectivity index is 1.29. The third kappa shape index (κ3) is 4.08. The Hall–Kier alpha value is -2.96. The van der Waals surface area contributed by atoms with Crippen LogP contribution in [0.5, 0.6) is 0 Å². The second-order valence-electron chi connectivity index (χ2n) is 7.71. The summed E-state index contributed by atoms with van der Waals surface area (Å²) in [4.78, 5) is 16.9. The summed E-state index contributed by atoms with van der Waals surface area (Å²) < 4.78 is 0.838. The summed E-state index contributed by atoms with van der Waals surface area (Å²) in [5.41, 5.74) is 2.45. The number of aromatic nitrogens is 2. The second kappa shape index (κ2) is 8.88. The number of fused-ring (bicyclic) bond motifs is 1. The molecule has 0 atom stereocenters. The standard InChI is InChI=1S/C25H20BrClN4O/c26-18-8-9-22(27)21(16-18)25(32)31-14-12-30(13-15-31)24-11-10-23(28-29-24)20-7-3-5-17-4-1-2-6-19(17)20/h1-11,16H,12-15H2. The molecular weight excluding hydrogens is 488 g/mol. The average molecular weight is 508 g/mol. The molecule has 4 aromatic rings. The molecular formula is C25H20BrClN4O. The molecule has 0 aliphatic carbocycles. The zero-order valence-corrected chi connectivity index (χ0v) is 19.6. The van der Waals surface area contributed by atoms with Crippen molar-refractivity contribution in [1.82, 2.24) is 15.1 Å². The van der Waals surface area contributed by atoms with Crippen LogP contribution in [-0.4, -0.2) is 47.2 Å². The molecule has 2 heterocycles. The zero-order chi connectivity index (χ0) is 22.1. The maximum atomic E-state index is 12.9. The number of hydrogen-bond acceptors (Lipinski definition) is 4. The van der Waals surface area contributed by atoms with E-state index < -0.39 is 0 Å². The minimum atomic E-state index is -0.0478. The fraction of sp³-hybridized carbons (Fsp3) is 0.160. The smallest absolute Gasteiger partial charge is 0.255 e. The lowest BCUT2D eigenvalue weighted by Gasteiger charge is -2.35. The van der Waals surface area contributed by atoms with Gasteiger partial charge in [0.05, 0.1) is 16.3 Å². The predicted molar refractivity (Wildman–Crippen MR) is 132 cm³/mol. The number of carbonyl (C=O) groups excluding carboxylic acids is 1. The predicted octanol–water partition coefficient (Wildman–Crippen LogP) is 5.68. The molecule has 0 bridgehead atoms. The lowest BCUT2D eigenvalue weighted by atomic mass is 10.0. The summed E-state index contributed by atoms with van der Waals surface area (Å²) in [6.07, 6.45) is 0. The van der Waals surface area contributed by atoms with Gasteiger partial charge in [0.2, 0.25) is 0 Å². The van der Waals surface area contributed by atoms with Crippen molar-refractivity contribution in [1.29, 1.82) is 0 Å². The minimum absolute atomic E-state index is 0.0478. The van der Waals surface area contributed by atoms with Gasteiger partial charge < -0.3 is 9.80 Å². The molecule has 1 amide bonds. The van der Waals surface area contributed by atoms with Crippen LogP contribution in [0.3, 0.4) is 0 Å². The van der Waals surface area contributed by atoms with Gasteiger partial charge in [-0.05, 0) is 41.1 Å². The molecule has 3 aromatic carbocycles. The van der Waals surface area contributed by atoms with E-state index in [-0.39, 0.29) is 5.91 Å². The molecule has 1 aliphatic heterocycles. The first-order valence-electron chi connectivity index (χ1n) is 10.4. The van der Waals surface area contributed by atoms with E-state index in [2.05, 4.69) is 55.3 Å². The molecule has 32 heavy (non-hydrogen) atoms. The van der Waals surface area contributed by atoms with Crippen LogP contribution in [0.1, 0.15) is 10.4 Å². The molecule has 7 heteroatoms. The first kappa shape index (κ1) is 20.9. The monoisotopic (exact) mass is 506 g/mol. The Morgan fingerprint density at radius 3 is 2.44 bits per heavy atom. The fourth-order valence-corrected chi connectivity index (χ4v) is 4.62. The number of halogens is 2. The summed E-state index contributed by atoms with van der Waals surface area (Å²) in [7, 11) is 0.